The maximum Gasteiger partial charge on any atom is 0.242 e. The zero-order valence-electron chi connectivity index (χ0n) is 18.3. The number of amides is 1. The van der Waals surface area contributed by atoms with Crippen molar-refractivity contribution in [2.75, 3.05) is 33.1 Å². The molecule has 1 aromatic heterocycles. The highest BCUT2D eigenvalue weighted by molar-refractivity contribution is 7.89. The number of carbonyl (C=O) groups excluding carboxylic acids is 1. The van der Waals surface area contributed by atoms with Crippen LogP contribution in [0.25, 0.3) is 0 Å². The van der Waals surface area contributed by atoms with Crippen LogP contribution >= 0.6 is 11.3 Å². The van der Waals surface area contributed by atoms with Crippen molar-refractivity contribution in [3.8, 4) is 5.75 Å². The second kappa shape index (κ2) is 10.7. The molecule has 0 radical (unpaired) electrons. The molecule has 0 spiro atoms. The molecule has 0 saturated heterocycles. The highest BCUT2D eigenvalue weighted by Crippen LogP contribution is 2.22. The number of nitrogens with one attached hydrogen (secondary N) is 1. The van der Waals surface area contributed by atoms with Gasteiger partial charge in [-0.25, -0.2) is 12.7 Å². The molecule has 7 nitrogen and oxygen atoms in total. The van der Waals surface area contributed by atoms with Crippen molar-refractivity contribution in [3.05, 3.63) is 76.5 Å². The molecule has 0 bridgehead atoms. The van der Waals surface area contributed by atoms with E-state index >= 15 is 0 Å². The van der Waals surface area contributed by atoms with Crippen LogP contribution in [-0.2, 0) is 27.9 Å². The summed E-state index contributed by atoms with van der Waals surface area (Å²) >= 11 is 1.63. The number of anilines is 1. The van der Waals surface area contributed by atoms with Gasteiger partial charge in [0.2, 0.25) is 15.9 Å². The zero-order chi connectivity index (χ0) is 23.1. The van der Waals surface area contributed by atoms with Crippen LogP contribution in [0.15, 0.2) is 70.9 Å². The number of hydrogen-bond donors (Lipinski definition) is 1. The molecule has 1 amide bonds. The van der Waals surface area contributed by atoms with Crippen LogP contribution in [0.3, 0.4) is 0 Å². The van der Waals surface area contributed by atoms with E-state index in [2.05, 4.69) is 5.32 Å². The fourth-order valence-electron chi connectivity index (χ4n) is 3.21. The average Bonchev–Trinajstić information content (AvgIpc) is 3.27. The third kappa shape index (κ3) is 6.17. The number of para-hydroxylation sites is 1. The molecule has 0 atom stereocenters. The lowest BCUT2D eigenvalue weighted by molar-refractivity contribution is -0.117. The summed E-state index contributed by atoms with van der Waals surface area (Å²) in [5.41, 5.74) is 1.42. The second-order valence-electron chi connectivity index (χ2n) is 7.40. The van der Waals surface area contributed by atoms with Gasteiger partial charge in [-0.05, 0) is 35.7 Å². The fraction of sp³-hybridized carbons (Fsp3) is 0.261. The van der Waals surface area contributed by atoms with Gasteiger partial charge in [0, 0.05) is 43.3 Å². The van der Waals surface area contributed by atoms with E-state index in [0.29, 0.717) is 18.8 Å². The van der Waals surface area contributed by atoms with Crippen molar-refractivity contribution in [2.24, 2.45) is 0 Å². The maximum atomic E-state index is 12.9. The first-order chi connectivity index (χ1) is 15.3. The van der Waals surface area contributed by atoms with Gasteiger partial charge in [-0.3, -0.25) is 9.69 Å². The molecule has 0 saturated carbocycles. The van der Waals surface area contributed by atoms with Crippen LogP contribution in [0.2, 0.25) is 0 Å². The Morgan fingerprint density at radius 3 is 2.50 bits per heavy atom. The molecule has 1 heterocycles. The zero-order valence-corrected chi connectivity index (χ0v) is 19.9. The Morgan fingerprint density at radius 1 is 1.03 bits per heavy atom. The summed E-state index contributed by atoms with van der Waals surface area (Å²) in [6.45, 7) is 1.28. The number of ether oxygens (including phenoxy) is 1. The number of sulfonamides is 1. The largest absolute Gasteiger partial charge is 0.496 e. The van der Waals surface area contributed by atoms with E-state index in [1.807, 2.05) is 46.7 Å². The highest BCUT2D eigenvalue weighted by Gasteiger charge is 2.19. The SMILES string of the molecule is COc1ccccc1CN(CC(=O)Nc1cccc(S(=O)(=O)N(C)C)c1)Cc1cccs1. The summed E-state index contributed by atoms with van der Waals surface area (Å²) in [5, 5.41) is 4.83. The highest BCUT2D eigenvalue weighted by atomic mass is 32.2. The first-order valence-electron chi connectivity index (χ1n) is 9.98. The quantitative estimate of drug-likeness (QED) is 0.486. The van der Waals surface area contributed by atoms with E-state index in [4.69, 9.17) is 4.74 Å². The predicted molar refractivity (Wildman–Crippen MR) is 127 cm³/mol. The predicted octanol–water partition coefficient (Wildman–Crippen LogP) is 3.65. The van der Waals surface area contributed by atoms with Crippen molar-refractivity contribution in [3.63, 3.8) is 0 Å². The third-order valence-electron chi connectivity index (χ3n) is 4.81. The second-order valence-corrected chi connectivity index (χ2v) is 10.6. The van der Waals surface area contributed by atoms with Gasteiger partial charge in [-0.1, -0.05) is 30.3 Å². The van der Waals surface area contributed by atoms with Gasteiger partial charge in [0.15, 0.2) is 0 Å². The van der Waals surface area contributed by atoms with Gasteiger partial charge >= 0.3 is 0 Å². The van der Waals surface area contributed by atoms with Crippen LogP contribution in [-0.4, -0.2) is 51.3 Å². The summed E-state index contributed by atoms with van der Waals surface area (Å²) in [5.74, 6) is 0.543. The average molecular weight is 474 g/mol. The molecule has 9 heteroatoms. The van der Waals surface area contributed by atoms with Crippen molar-refractivity contribution in [1.29, 1.82) is 0 Å². The molecule has 0 aliphatic rings. The van der Waals surface area contributed by atoms with Gasteiger partial charge in [-0.2, -0.15) is 0 Å². The molecule has 1 N–H and O–H groups in total. The molecule has 3 rings (SSSR count). The number of carbonyl (C=O) groups is 1. The minimum Gasteiger partial charge on any atom is -0.496 e. The van der Waals surface area contributed by atoms with Crippen LogP contribution in [0.5, 0.6) is 5.75 Å². The van der Waals surface area contributed by atoms with Crippen molar-refractivity contribution < 1.29 is 17.9 Å². The summed E-state index contributed by atoms with van der Waals surface area (Å²) in [4.78, 5) is 16.2. The molecule has 0 aliphatic carbocycles. The smallest absolute Gasteiger partial charge is 0.242 e. The van der Waals surface area contributed by atoms with Gasteiger partial charge in [0.05, 0.1) is 18.6 Å². The van der Waals surface area contributed by atoms with E-state index in [-0.39, 0.29) is 17.3 Å². The van der Waals surface area contributed by atoms with Crippen molar-refractivity contribution in [2.45, 2.75) is 18.0 Å². The Balaban J connectivity index is 1.75. The molecule has 3 aromatic rings. The third-order valence-corrected chi connectivity index (χ3v) is 7.48. The van der Waals surface area contributed by atoms with E-state index in [1.54, 1.807) is 30.6 Å². The number of benzene rings is 2. The minimum absolute atomic E-state index is 0.129. The molecule has 0 fully saturated rings. The van der Waals surface area contributed by atoms with Gasteiger partial charge in [0.25, 0.3) is 0 Å². The summed E-state index contributed by atoms with van der Waals surface area (Å²) < 4.78 is 31.4. The topological polar surface area (TPSA) is 79.0 Å². The normalized spacial score (nSPS) is 11.7. The van der Waals surface area contributed by atoms with Crippen LogP contribution in [0.4, 0.5) is 5.69 Å². The number of methoxy groups -OCH3 is 1. The molecule has 0 aliphatic heterocycles. The minimum atomic E-state index is -3.58. The van der Waals surface area contributed by atoms with Crippen molar-refractivity contribution >= 4 is 33.0 Å². The number of nitrogens with zero attached hydrogens (tertiary/aromatic N) is 2. The molecule has 2 aromatic carbocycles. The Morgan fingerprint density at radius 2 is 1.81 bits per heavy atom. The van der Waals surface area contributed by atoms with Crippen LogP contribution in [0.1, 0.15) is 10.4 Å². The number of thiophene rings is 1. The van der Waals surface area contributed by atoms with Gasteiger partial charge in [-0.15, -0.1) is 11.3 Å². The lowest BCUT2D eigenvalue weighted by Crippen LogP contribution is -2.32. The fourth-order valence-corrected chi connectivity index (χ4v) is 4.91. The van der Waals surface area contributed by atoms with E-state index in [9.17, 15) is 13.2 Å². The summed E-state index contributed by atoms with van der Waals surface area (Å²) in [6.07, 6.45) is 0. The molecule has 170 valence electrons. The lowest BCUT2D eigenvalue weighted by atomic mass is 10.2. The molecule has 32 heavy (non-hydrogen) atoms. The van der Waals surface area contributed by atoms with E-state index in [1.165, 1.54) is 26.2 Å². The maximum absolute atomic E-state index is 12.9. The summed E-state index contributed by atoms with van der Waals surface area (Å²) in [7, 11) is 0.993. The number of rotatable bonds is 10. The molecular weight excluding hydrogens is 446 g/mol. The molecular formula is C23H27N3O4S2. The summed E-state index contributed by atoms with van der Waals surface area (Å²) in [6, 6.07) is 18.0. The Labute approximate surface area is 193 Å². The Hall–Kier alpha value is -2.72. The first-order valence-corrected chi connectivity index (χ1v) is 12.3. The Kier molecular flexibility index (Phi) is 8.03. The lowest BCUT2D eigenvalue weighted by Gasteiger charge is -2.22. The number of hydrogen-bond acceptors (Lipinski definition) is 6. The molecule has 0 unspecified atom stereocenters. The Bertz CT molecular complexity index is 1150. The van der Waals surface area contributed by atoms with E-state index < -0.39 is 10.0 Å². The van der Waals surface area contributed by atoms with Gasteiger partial charge < -0.3 is 10.1 Å². The van der Waals surface area contributed by atoms with Crippen molar-refractivity contribution in [1.82, 2.24) is 9.21 Å². The van der Waals surface area contributed by atoms with E-state index in [0.717, 1.165) is 20.5 Å². The standard InChI is InChI=1S/C23H27N3O4S2/c1-25(2)32(28,29)21-11-6-9-19(14-21)24-23(27)17-26(16-20-10-7-13-31-20)15-18-8-4-5-12-22(18)30-3/h4-14H,15-17H2,1-3H3,(H,24,27). The monoisotopic (exact) mass is 473 g/mol. The van der Waals surface area contributed by atoms with Crippen LogP contribution in [0, 0.1) is 0 Å². The first kappa shape index (κ1) is 23.9. The van der Waals surface area contributed by atoms with Crippen LogP contribution < -0.4 is 10.1 Å². The van der Waals surface area contributed by atoms with Gasteiger partial charge in [0.1, 0.15) is 5.75 Å².